The summed E-state index contributed by atoms with van der Waals surface area (Å²) in [6, 6.07) is 12.0. The van der Waals surface area contributed by atoms with Crippen LogP contribution in [0.2, 0.25) is 0 Å². The monoisotopic (exact) mass is 418 g/mol. The summed E-state index contributed by atoms with van der Waals surface area (Å²) in [6.45, 7) is 9.37. The van der Waals surface area contributed by atoms with Crippen molar-refractivity contribution in [1.82, 2.24) is 5.32 Å². The molecule has 2 atom stereocenters. The number of anilines is 1. The molecule has 0 aliphatic carbocycles. The van der Waals surface area contributed by atoms with E-state index < -0.39 is 16.1 Å². The number of hydrogen-bond acceptors (Lipinski definition) is 4. The summed E-state index contributed by atoms with van der Waals surface area (Å²) < 4.78 is 32.0. The minimum absolute atomic E-state index is 0.283. The number of ether oxygens (including phenoxy) is 1. The number of sulfonamides is 1. The Morgan fingerprint density at radius 3 is 2.34 bits per heavy atom. The lowest BCUT2D eigenvalue weighted by Gasteiger charge is -2.30. The Balaban J connectivity index is 2.13. The summed E-state index contributed by atoms with van der Waals surface area (Å²) >= 11 is 0. The van der Waals surface area contributed by atoms with Crippen molar-refractivity contribution in [3.05, 3.63) is 59.2 Å². The fourth-order valence-electron chi connectivity index (χ4n) is 3.08. The predicted octanol–water partition coefficient (Wildman–Crippen LogP) is 3.35. The zero-order valence-electron chi connectivity index (χ0n) is 17.9. The smallest absolute Gasteiger partial charge is 0.243 e. The van der Waals surface area contributed by atoms with Crippen molar-refractivity contribution in [2.24, 2.45) is 0 Å². The van der Waals surface area contributed by atoms with Gasteiger partial charge in [0.15, 0.2) is 0 Å². The van der Waals surface area contributed by atoms with Gasteiger partial charge in [0.05, 0.1) is 18.0 Å². The molecule has 1 N–H and O–H groups in total. The van der Waals surface area contributed by atoms with Gasteiger partial charge in [0.25, 0.3) is 0 Å². The number of aryl methyl sites for hydroxylation is 3. The second kappa shape index (κ2) is 9.31. The number of benzene rings is 2. The average Bonchev–Trinajstić information content (AvgIpc) is 2.63. The van der Waals surface area contributed by atoms with E-state index in [1.807, 2.05) is 64.1 Å². The van der Waals surface area contributed by atoms with Gasteiger partial charge < -0.3 is 10.1 Å². The first-order valence-corrected chi connectivity index (χ1v) is 11.4. The van der Waals surface area contributed by atoms with Crippen molar-refractivity contribution in [2.75, 3.05) is 17.2 Å². The lowest BCUT2D eigenvalue weighted by molar-refractivity contribution is -0.122. The van der Waals surface area contributed by atoms with Crippen molar-refractivity contribution in [3.63, 3.8) is 0 Å². The van der Waals surface area contributed by atoms with Crippen LogP contribution in [0.25, 0.3) is 0 Å². The van der Waals surface area contributed by atoms with Crippen molar-refractivity contribution < 1.29 is 17.9 Å². The van der Waals surface area contributed by atoms with E-state index in [1.165, 1.54) is 4.31 Å². The van der Waals surface area contributed by atoms with Crippen LogP contribution < -0.4 is 14.4 Å². The maximum Gasteiger partial charge on any atom is 0.243 e. The van der Waals surface area contributed by atoms with E-state index in [0.717, 1.165) is 28.7 Å². The molecule has 0 aliphatic heterocycles. The third kappa shape index (κ3) is 5.97. The lowest BCUT2D eigenvalue weighted by atomic mass is 10.1. The van der Waals surface area contributed by atoms with Gasteiger partial charge in [-0.15, -0.1) is 0 Å². The molecule has 0 aromatic heterocycles. The Hall–Kier alpha value is -2.54. The molecule has 0 saturated carbocycles. The number of carbonyl (C=O) groups is 1. The van der Waals surface area contributed by atoms with Crippen LogP contribution in [0.3, 0.4) is 0 Å². The molecule has 29 heavy (non-hydrogen) atoms. The van der Waals surface area contributed by atoms with E-state index in [-0.39, 0.29) is 18.6 Å². The molecular weight excluding hydrogens is 388 g/mol. The molecule has 0 bridgehead atoms. The fourth-order valence-corrected chi connectivity index (χ4v) is 4.30. The number of para-hydroxylation sites is 1. The quantitative estimate of drug-likeness (QED) is 0.713. The molecule has 2 rings (SSSR count). The van der Waals surface area contributed by atoms with Gasteiger partial charge in [0.2, 0.25) is 15.9 Å². The van der Waals surface area contributed by atoms with Crippen LogP contribution in [0, 0.1) is 20.8 Å². The molecule has 2 aromatic rings. The average molecular weight is 419 g/mol. The maximum atomic E-state index is 12.8. The topological polar surface area (TPSA) is 75.7 Å². The molecule has 2 unspecified atom stereocenters. The minimum Gasteiger partial charge on any atom is -0.491 e. The van der Waals surface area contributed by atoms with E-state index in [4.69, 9.17) is 4.74 Å². The van der Waals surface area contributed by atoms with Crippen molar-refractivity contribution in [2.45, 2.75) is 46.7 Å². The number of nitrogens with zero attached hydrogens (tertiary/aromatic N) is 1. The maximum absolute atomic E-state index is 12.8. The molecular formula is C22H30N2O4S. The van der Waals surface area contributed by atoms with Crippen LogP contribution >= 0.6 is 0 Å². The third-order valence-electron chi connectivity index (χ3n) is 4.66. The summed E-state index contributed by atoms with van der Waals surface area (Å²) in [4.78, 5) is 12.8. The number of carbonyl (C=O) groups excluding carboxylic acids is 1. The van der Waals surface area contributed by atoms with Crippen molar-refractivity contribution in [3.8, 4) is 5.75 Å². The summed E-state index contributed by atoms with van der Waals surface area (Å²) in [7, 11) is -3.66. The van der Waals surface area contributed by atoms with Gasteiger partial charge in [0, 0.05) is 0 Å². The molecule has 7 heteroatoms. The van der Waals surface area contributed by atoms with E-state index >= 15 is 0 Å². The number of hydrogen-bond donors (Lipinski definition) is 1. The number of rotatable bonds is 8. The Morgan fingerprint density at radius 2 is 1.72 bits per heavy atom. The molecule has 158 valence electrons. The summed E-state index contributed by atoms with van der Waals surface area (Å²) in [6.07, 6.45) is 1.11. The molecule has 0 heterocycles. The largest absolute Gasteiger partial charge is 0.491 e. The number of nitrogens with one attached hydrogen (secondary N) is 1. The Labute approximate surface area is 173 Å². The van der Waals surface area contributed by atoms with Gasteiger partial charge in [-0.1, -0.05) is 30.3 Å². The van der Waals surface area contributed by atoms with Crippen LogP contribution in [0.15, 0.2) is 42.5 Å². The minimum atomic E-state index is -3.66. The third-order valence-corrected chi connectivity index (χ3v) is 5.89. The highest BCUT2D eigenvalue weighted by Gasteiger charge is 2.30. The van der Waals surface area contributed by atoms with Gasteiger partial charge in [-0.05, 0) is 63.4 Å². The fraction of sp³-hybridized carbons (Fsp3) is 0.409. The second-order valence-corrected chi connectivity index (χ2v) is 9.37. The standard InChI is InChI=1S/C22H30N2O4S/c1-15-11-12-16(2)20(13-15)24(29(6,26)27)19(5)22(25)23-18(4)14-28-21-10-8-7-9-17(21)3/h7-13,18-19H,14H2,1-6H3,(H,23,25). The molecule has 0 fully saturated rings. The Bertz CT molecular complexity index is 973. The van der Waals surface area contributed by atoms with Gasteiger partial charge in [-0.25, -0.2) is 8.42 Å². The summed E-state index contributed by atoms with van der Waals surface area (Å²) in [5, 5.41) is 2.86. The molecule has 6 nitrogen and oxygen atoms in total. The van der Waals surface area contributed by atoms with Crippen LogP contribution in [-0.4, -0.2) is 39.3 Å². The molecule has 0 spiro atoms. The van der Waals surface area contributed by atoms with E-state index in [0.29, 0.717) is 5.69 Å². The molecule has 0 aliphatic rings. The summed E-state index contributed by atoms with van der Waals surface area (Å²) in [5.41, 5.74) is 3.24. The predicted molar refractivity (Wildman–Crippen MR) is 117 cm³/mol. The van der Waals surface area contributed by atoms with Crippen molar-refractivity contribution >= 4 is 21.6 Å². The van der Waals surface area contributed by atoms with Crippen LogP contribution in [0.1, 0.15) is 30.5 Å². The zero-order valence-corrected chi connectivity index (χ0v) is 18.7. The van der Waals surface area contributed by atoms with Crippen LogP contribution in [0.4, 0.5) is 5.69 Å². The van der Waals surface area contributed by atoms with E-state index in [9.17, 15) is 13.2 Å². The zero-order chi connectivity index (χ0) is 21.8. The SMILES string of the molecule is Cc1ccc(C)c(N(C(C)C(=O)NC(C)COc2ccccc2C)S(C)(=O)=O)c1. The van der Waals surface area contributed by atoms with Crippen LogP contribution in [0.5, 0.6) is 5.75 Å². The van der Waals surface area contributed by atoms with Crippen LogP contribution in [-0.2, 0) is 14.8 Å². The van der Waals surface area contributed by atoms with Gasteiger partial charge in [0.1, 0.15) is 18.4 Å². The lowest BCUT2D eigenvalue weighted by Crippen LogP contribution is -2.51. The van der Waals surface area contributed by atoms with Gasteiger partial charge in [-0.3, -0.25) is 9.10 Å². The Morgan fingerprint density at radius 1 is 1.07 bits per heavy atom. The molecule has 2 aromatic carbocycles. The van der Waals surface area contributed by atoms with E-state index in [1.54, 1.807) is 13.0 Å². The summed E-state index contributed by atoms with van der Waals surface area (Å²) in [5.74, 6) is 0.381. The van der Waals surface area contributed by atoms with Gasteiger partial charge in [-0.2, -0.15) is 0 Å². The Kier molecular flexibility index (Phi) is 7.30. The van der Waals surface area contributed by atoms with E-state index in [2.05, 4.69) is 5.32 Å². The number of amides is 1. The highest BCUT2D eigenvalue weighted by Crippen LogP contribution is 2.26. The highest BCUT2D eigenvalue weighted by atomic mass is 32.2. The normalized spacial score (nSPS) is 13.4. The highest BCUT2D eigenvalue weighted by molar-refractivity contribution is 7.92. The molecule has 0 saturated heterocycles. The second-order valence-electron chi connectivity index (χ2n) is 7.51. The molecule has 0 radical (unpaired) electrons. The molecule has 1 amide bonds. The first-order chi connectivity index (χ1) is 13.5. The van der Waals surface area contributed by atoms with Gasteiger partial charge >= 0.3 is 0 Å². The van der Waals surface area contributed by atoms with Crippen molar-refractivity contribution in [1.29, 1.82) is 0 Å². The first kappa shape index (κ1) is 22.7. The first-order valence-electron chi connectivity index (χ1n) is 9.56.